The maximum absolute atomic E-state index is 11.0. The molecule has 0 saturated heterocycles. The van der Waals surface area contributed by atoms with Crippen LogP contribution in [-0.2, 0) is 4.79 Å². The summed E-state index contributed by atoms with van der Waals surface area (Å²) in [5.41, 5.74) is 0.906. The second kappa shape index (κ2) is 2.77. The molecule has 0 radical (unpaired) electrons. The molecule has 1 aliphatic rings. The first-order valence-corrected chi connectivity index (χ1v) is 4.09. The van der Waals surface area contributed by atoms with E-state index in [1.54, 1.807) is 6.08 Å². The summed E-state index contributed by atoms with van der Waals surface area (Å²) in [6, 6.07) is 0. The van der Waals surface area contributed by atoms with Crippen LogP contribution in [0.2, 0.25) is 0 Å². The van der Waals surface area contributed by atoms with Crippen molar-refractivity contribution in [1.29, 1.82) is 0 Å². The molecule has 1 rings (SSSR count). The van der Waals surface area contributed by atoms with Crippen LogP contribution in [-0.4, -0.2) is 16.2 Å². The number of hydrogen-bond acceptors (Lipinski definition) is 2. The zero-order chi connectivity index (χ0) is 9.35. The quantitative estimate of drug-likeness (QED) is 0.547. The molecule has 0 fully saturated rings. The Hall–Kier alpha value is -1.05. The van der Waals surface area contributed by atoms with Crippen molar-refractivity contribution in [2.45, 2.75) is 32.7 Å². The molecule has 12 heavy (non-hydrogen) atoms. The van der Waals surface area contributed by atoms with E-state index in [1.807, 2.05) is 11.1 Å². The Morgan fingerprint density at radius 1 is 1.50 bits per heavy atom. The smallest absolute Gasteiger partial charge is 0.162 e. The summed E-state index contributed by atoms with van der Waals surface area (Å²) < 4.78 is 0. The van der Waals surface area contributed by atoms with Crippen LogP contribution >= 0.6 is 0 Å². The summed E-state index contributed by atoms with van der Waals surface area (Å²) >= 11 is 0. The van der Waals surface area contributed by atoms with E-state index >= 15 is 0 Å². The van der Waals surface area contributed by atoms with Gasteiger partial charge in [-0.3, -0.25) is 4.79 Å². The van der Waals surface area contributed by atoms with Crippen molar-refractivity contribution in [1.82, 2.24) is 4.90 Å². The van der Waals surface area contributed by atoms with Gasteiger partial charge < -0.3 is 4.90 Å². The van der Waals surface area contributed by atoms with E-state index in [0.29, 0.717) is 6.42 Å². The minimum atomic E-state index is 0.0221. The highest BCUT2D eigenvalue weighted by molar-refractivity contribution is 5.92. The lowest BCUT2D eigenvalue weighted by atomic mass is 10.0. The van der Waals surface area contributed by atoms with Gasteiger partial charge in [-0.25, -0.2) is 0 Å². The van der Waals surface area contributed by atoms with Crippen LogP contribution in [0.1, 0.15) is 27.2 Å². The average molecular weight is 165 g/mol. The minimum Gasteiger partial charge on any atom is -0.346 e. The minimum absolute atomic E-state index is 0.0221. The average Bonchev–Trinajstić information content (AvgIpc) is 1.83. The molecule has 0 amide bonds. The van der Waals surface area contributed by atoms with Crippen LogP contribution in [0.15, 0.2) is 24.6 Å². The second-order valence-electron chi connectivity index (χ2n) is 4.07. The number of carbonyl (C=O) groups is 1. The predicted molar refractivity (Wildman–Crippen MR) is 49.5 cm³/mol. The molecule has 0 spiro atoms. The summed E-state index contributed by atoms with van der Waals surface area (Å²) in [4.78, 5) is 13.0. The topological polar surface area (TPSA) is 20.3 Å². The first-order valence-electron chi connectivity index (χ1n) is 4.09. The van der Waals surface area contributed by atoms with E-state index in [4.69, 9.17) is 0 Å². The lowest BCUT2D eigenvalue weighted by Gasteiger charge is -2.37. The van der Waals surface area contributed by atoms with Crippen LogP contribution < -0.4 is 0 Å². The third-order valence-corrected chi connectivity index (χ3v) is 1.85. The Kier molecular flexibility index (Phi) is 2.09. The highest BCUT2D eigenvalue weighted by atomic mass is 16.1. The van der Waals surface area contributed by atoms with Crippen molar-refractivity contribution in [3.63, 3.8) is 0 Å². The summed E-state index contributed by atoms with van der Waals surface area (Å²) in [5.74, 6) is 0.139. The first-order chi connectivity index (χ1) is 5.41. The largest absolute Gasteiger partial charge is 0.346 e. The predicted octanol–water partition coefficient (Wildman–Crippen LogP) is 2.09. The lowest BCUT2D eigenvalue weighted by molar-refractivity contribution is -0.114. The Bertz CT molecular complexity index is 245. The maximum Gasteiger partial charge on any atom is 0.162 e. The van der Waals surface area contributed by atoms with Gasteiger partial charge in [0.1, 0.15) is 0 Å². The first kappa shape index (κ1) is 9.04. The van der Waals surface area contributed by atoms with Crippen molar-refractivity contribution in [2.75, 3.05) is 0 Å². The molecule has 0 atom stereocenters. The Morgan fingerprint density at radius 3 is 2.50 bits per heavy atom. The Balaban J connectivity index is 2.87. The van der Waals surface area contributed by atoms with Gasteiger partial charge in [-0.1, -0.05) is 6.58 Å². The van der Waals surface area contributed by atoms with Crippen LogP contribution in [0, 0.1) is 0 Å². The fourth-order valence-electron chi connectivity index (χ4n) is 1.31. The van der Waals surface area contributed by atoms with Crippen LogP contribution in [0.4, 0.5) is 0 Å². The van der Waals surface area contributed by atoms with Gasteiger partial charge in [-0.15, -0.1) is 0 Å². The molecule has 0 aromatic carbocycles. The summed E-state index contributed by atoms with van der Waals surface area (Å²) in [7, 11) is 0. The van der Waals surface area contributed by atoms with Crippen LogP contribution in [0.5, 0.6) is 0 Å². The number of rotatable bonds is 0. The van der Waals surface area contributed by atoms with Crippen molar-refractivity contribution in [3.05, 3.63) is 24.6 Å². The molecular weight excluding hydrogens is 150 g/mol. The summed E-state index contributed by atoms with van der Waals surface area (Å²) in [6.07, 6.45) is 3.88. The summed E-state index contributed by atoms with van der Waals surface area (Å²) in [6.45, 7) is 10.2. The van der Waals surface area contributed by atoms with E-state index < -0.39 is 0 Å². The monoisotopic (exact) mass is 165 g/mol. The SMILES string of the molecule is C=C1CC(=O)C=CN1C(C)(C)C. The molecule has 1 heterocycles. The highest BCUT2D eigenvalue weighted by Gasteiger charge is 2.23. The van der Waals surface area contributed by atoms with E-state index in [-0.39, 0.29) is 11.3 Å². The van der Waals surface area contributed by atoms with Gasteiger partial charge in [-0.05, 0) is 26.8 Å². The zero-order valence-corrected chi connectivity index (χ0v) is 7.92. The molecule has 2 nitrogen and oxygen atoms in total. The third kappa shape index (κ3) is 1.76. The van der Waals surface area contributed by atoms with Crippen molar-refractivity contribution in [2.24, 2.45) is 0 Å². The van der Waals surface area contributed by atoms with Gasteiger partial charge in [-0.2, -0.15) is 0 Å². The van der Waals surface area contributed by atoms with E-state index in [9.17, 15) is 4.79 Å². The molecule has 0 saturated carbocycles. The number of hydrogen-bond donors (Lipinski definition) is 0. The van der Waals surface area contributed by atoms with Crippen molar-refractivity contribution >= 4 is 5.78 Å². The van der Waals surface area contributed by atoms with Crippen molar-refractivity contribution < 1.29 is 4.79 Å². The molecule has 0 aromatic rings. The molecule has 0 unspecified atom stereocenters. The molecular formula is C10H15NO. The second-order valence-corrected chi connectivity index (χ2v) is 4.07. The fraction of sp³-hybridized carbons (Fsp3) is 0.500. The number of nitrogens with zero attached hydrogens (tertiary/aromatic N) is 1. The molecule has 0 aromatic heterocycles. The van der Waals surface area contributed by atoms with E-state index in [1.165, 1.54) is 0 Å². The van der Waals surface area contributed by atoms with Gasteiger partial charge in [0.05, 0.1) is 6.42 Å². The van der Waals surface area contributed by atoms with Gasteiger partial charge in [0.25, 0.3) is 0 Å². The Morgan fingerprint density at radius 2 is 2.08 bits per heavy atom. The number of ketones is 1. The van der Waals surface area contributed by atoms with Gasteiger partial charge in [0, 0.05) is 17.4 Å². The molecule has 2 heteroatoms. The standard InChI is InChI=1S/C10H15NO/c1-8-7-9(12)5-6-11(8)10(2,3)4/h5-6H,1,7H2,2-4H3. The van der Waals surface area contributed by atoms with E-state index in [0.717, 1.165) is 5.70 Å². The maximum atomic E-state index is 11.0. The highest BCUT2D eigenvalue weighted by Crippen LogP contribution is 2.24. The number of allylic oxidation sites excluding steroid dienone is 2. The summed E-state index contributed by atoms with van der Waals surface area (Å²) in [5, 5.41) is 0. The molecule has 1 aliphatic heterocycles. The van der Waals surface area contributed by atoms with Crippen LogP contribution in [0.25, 0.3) is 0 Å². The molecule has 0 bridgehead atoms. The van der Waals surface area contributed by atoms with Crippen molar-refractivity contribution in [3.8, 4) is 0 Å². The third-order valence-electron chi connectivity index (χ3n) is 1.85. The van der Waals surface area contributed by atoms with Gasteiger partial charge in [0.15, 0.2) is 5.78 Å². The Labute approximate surface area is 73.6 Å². The fourth-order valence-corrected chi connectivity index (χ4v) is 1.31. The van der Waals surface area contributed by atoms with Gasteiger partial charge in [0.2, 0.25) is 0 Å². The van der Waals surface area contributed by atoms with Gasteiger partial charge >= 0.3 is 0 Å². The normalized spacial score (nSPS) is 18.8. The van der Waals surface area contributed by atoms with E-state index in [2.05, 4.69) is 27.4 Å². The molecule has 66 valence electrons. The lowest BCUT2D eigenvalue weighted by Crippen LogP contribution is -2.38. The van der Waals surface area contributed by atoms with Crippen LogP contribution in [0.3, 0.4) is 0 Å². The molecule has 0 N–H and O–H groups in total. The zero-order valence-electron chi connectivity index (χ0n) is 7.92. The number of carbonyl (C=O) groups excluding carboxylic acids is 1. The molecule has 0 aliphatic carbocycles.